The van der Waals surface area contributed by atoms with Crippen molar-refractivity contribution < 1.29 is 13.2 Å². The van der Waals surface area contributed by atoms with Crippen molar-refractivity contribution in [2.45, 2.75) is 19.6 Å². The van der Waals surface area contributed by atoms with Crippen molar-refractivity contribution >= 4 is 5.69 Å². The van der Waals surface area contributed by atoms with Crippen LogP contribution in [0.1, 0.15) is 22.3 Å². The van der Waals surface area contributed by atoms with Gasteiger partial charge in [-0.3, -0.25) is 4.98 Å². The molecule has 0 aliphatic rings. The molecule has 21 heavy (non-hydrogen) atoms. The Morgan fingerprint density at radius 2 is 2.05 bits per heavy atom. The van der Waals surface area contributed by atoms with E-state index < -0.39 is 11.7 Å². The predicted molar refractivity (Wildman–Crippen MR) is 72.5 cm³/mol. The Kier molecular flexibility index (Phi) is 4.13. The molecule has 1 aromatic heterocycles. The molecular formula is C15H12F3N3. The first-order valence-electron chi connectivity index (χ1n) is 6.16. The van der Waals surface area contributed by atoms with Crippen molar-refractivity contribution in [3.05, 3.63) is 58.9 Å². The van der Waals surface area contributed by atoms with Gasteiger partial charge in [0, 0.05) is 24.6 Å². The van der Waals surface area contributed by atoms with Gasteiger partial charge in [0.15, 0.2) is 0 Å². The third kappa shape index (κ3) is 3.51. The zero-order valence-electron chi connectivity index (χ0n) is 11.2. The highest BCUT2D eigenvalue weighted by Gasteiger charge is 2.33. The third-order valence-electron chi connectivity index (χ3n) is 3.07. The van der Waals surface area contributed by atoms with Crippen LogP contribution in [0.4, 0.5) is 18.9 Å². The summed E-state index contributed by atoms with van der Waals surface area (Å²) in [5.41, 5.74) is 0.841. The molecule has 1 N–H and O–H groups in total. The van der Waals surface area contributed by atoms with E-state index in [4.69, 9.17) is 5.26 Å². The van der Waals surface area contributed by atoms with Crippen LogP contribution in [-0.2, 0) is 12.7 Å². The van der Waals surface area contributed by atoms with Gasteiger partial charge in [0.25, 0.3) is 0 Å². The molecule has 1 heterocycles. The Labute approximate surface area is 120 Å². The van der Waals surface area contributed by atoms with E-state index in [1.54, 1.807) is 24.5 Å². The van der Waals surface area contributed by atoms with Gasteiger partial charge in [-0.2, -0.15) is 18.4 Å². The summed E-state index contributed by atoms with van der Waals surface area (Å²) in [6.07, 6.45) is -1.28. The molecule has 1 aromatic carbocycles. The van der Waals surface area contributed by atoms with E-state index in [2.05, 4.69) is 10.3 Å². The molecule has 0 saturated heterocycles. The fraction of sp³-hybridized carbons (Fsp3) is 0.200. The Morgan fingerprint density at radius 3 is 2.67 bits per heavy atom. The monoisotopic (exact) mass is 291 g/mol. The number of rotatable bonds is 3. The summed E-state index contributed by atoms with van der Waals surface area (Å²) < 4.78 is 39.0. The maximum atomic E-state index is 13.0. The first-order chi connectivity index (χ1) is 9.91. The molecule has 0 fully saturated rings. The standard InChI is InChI=1S/C15H12F3N3/c1-10-4-5-20-8-12(10)9-21-14-3-2-11(7-19)6-13(14)15(16,17)18/h2-6,8,21H,9H2,1H3. The summed E-state index contributed by atoms with van der Waals surface area (Å²) in [5.74, 6) is 0. The smallest absolute Gasteiger partial charge is 0.380 e. The molecule has 2 rings (SSSR count). The normalized spacial score (nSPS) is 11.0. The highest BCUT2D eigenvalue weighted by Crippen LogP contribution is 2.35. The minimum atomic E-state index is -4.51. The maximum Gasteiger partial charge on any atom is 0.418 e. The van der Waals surface area contributed by atoms with E-state index in [9.17, 15) is 13.2 Å². The number of alkyl halides is 3. The number of aromatic nitrogens is 1. The zero-order chi connectivity index (χ0) is 15.5. The van der Waals surface area contributed by atoms with Crippen molar-refractivity contribution in [1.29, 1.82) is 5.26 Å². The molecule has 0 saturated carbocycles. The summed E-state index contributed by atoms with van der Waals surface area (Å²) in [7, 11) is 0. The van der Waals surface area contributed by atoms with Gasteiger partial charge in [-0.25, -0.2) is 0 Å². The minimum absolute atomic E-state index is 0.0227. The van der Waals surface area contributed by atoms with Crippen LogP contribution in [0.15, 0.2) is 36.7 Å². The van der Waals surface area contributed by atoms with Gasteiger partial charge >= 0.3 is 6.18 Å². The van der Waals surface area contributed by atoms with Crippen molar-refractivity contribution in [1.82, 2.24) is 4.98 Å². The average Bonchev–Trinajstić information content (AvgIpc) is 2.45. The molecule has 0 unspecified atom stereocenters. The van der Waals surface area contributed by atoms with Crippen molar-refractivity contribution in [2.24, 2.45) is 0 Å². The van der Waals surface area contributed by atoms with Crippen LogP contribution in [0.5, 0.6) is 0 Å². The highest BCUT2D eigenvalue weighted by molar-refractivity contribution is 5.56. The van der Waals surface area contributed by atoms with Crippen molar-refractivity contribution in [3.63, 3.8) is 0 Å². The third-order valence-corrected chi connectivity index (χ3v) is 3.07. The Balaban J connectivity index is 2.28. The predicted octanol–water partition coefficient (Wildman–Crippen LogP) is 3.89. The summed E-state index contributed by atoms with van der Waals surface area (Å²) >= 11 is 0. The van der Waals surface area contributed by atoms with Crippen LogP contribution >= 0.6 is 0 Å². The van der Waals surface area contributed by atoms with Crippen LogP contribution in [0.25, 0.3) is 0 Å². The number of nitrogens with one attached hydrogen (secondary N) is 1. The van der Waals surface area contributed by atoms with Crippen LogP contribution in [-0.4, -0.2) is 4.98 Å². The molecule has 2 aromatic rings. The van der Waals surface area contributed by atoms with E-state index in [0.29, 0.717) is 0 Å². The second kappa shape index (κ2) is 5.83. The fourth-order valence-electron chi connectivity index (χ4n) is 1.87. The molecule has 0 atom stereocenters. The van der Waals surface area contributed by atoms with Crippen LogP contribution in [0.2, 0.25) is 0 Å². The maximum absolute atomic E-state index is 13.0. The first-order valence-corrected chi connectivity index (χ1v) is 6.16. The SMILES string of the molecule is Cc1ccncc1CNc1ccc(C#N)cc1C(F)(F)F. The first kappa shape index (κ1) is 14.9. The van der Waals surface area contributed by atoms with Gasteiger partial charge in [0.1, 0.15) is 0 Å². The quantitative estimate of drug-likeness (QED) is 0.933. The van der Waals surface area contributed by atoms with Gasteiger partial charge in [-0.1, -0.05) is 0 Å². The molecule has 0 radical (unpaired) electrons. The second-order valence-electron chi connectivity index (χ2n) is 4.53. The lowest BCUT2D eigenvalue weighted by Crippen LogP contribution is -2.11. The number of halogens is 3. The molecular weight excluding hydrogens is 279 g/mol. The van der Waals surface area contributed by atoms with Crippen molar-refractivity contribution in [3.8, 4) is 6.07 Å². The van der Waals surface area contributed by atoms with E-state index in [-0.39, 0.29) is 17.8 Å². The van der Waals surface area contributed by atoms with Gasteiger partial charge in [0.05, 0.1) is 17.2 Å². The number of pyridine rings is 1. The lowest BCUT2D eigenvalue weighted by Gasteiger charge is -2.15. The molecule has 0 spiro atoms. The number of nitrogens with zero attached hydrogens (tertiary/aromatic N) is 2. The van der Waals surface area contributed by atoms with Crippen LogP contribution in [0, 0.1) is 18.3 Å². The molecule has 108 valence electrons. The molecule has 6 heteroatoms. The van der Waals surface area contributed by atoms with Gasteiger partial charge in [-0.15, -0.1) is 0 Å². The summed E-state index contributed by atoms with van der Waals surface area (Å²) in [4.78, 5) is 3.95. The highest BCUT2D eigenvalue weighted by atomic mass is 19.4. The topological polar surface area (TPSA) is 48.7 Å². The Hall–Kier alpha value is -2.55. The van der Waals surface area contributed by atoms with E-state index >= 15 is 0 Å². The number of aryl methyl sites for hydroxylation is 1. The van der Waals surface area contributed by atoms with E-state index in [0.717, 1.165) is 17.2 Å². The fourth-order valence-corrected chi connectivity index (χ4v) is 1.87. The number of benzene rings is 1. The van der Waals surface area contributed by atoms with Crippen molar-refractivity contribution in [2.75, 3.05) is 5.32 Å². The number of nitriles is 1. The number of hydrogen-bond acceptors (Lipinski definition) is 3. The van der Waals surface area contributed by atoms with Crippen LogP contribution < -0.4 is 5.32 Å². The van der Waals surface area contributed by atoms with Gasteiger partial charge in [-0.05, 0) is 42.3 Å². The molecule has 3 nitrogen and oxygen atoms in total. The average molecular weight is 291 g/mol. The summed E-state index contributed by atoms with van der Waals surface area (Å²) in [6, 6.07) is 6.98. The molecule has 0 aliphatic carbocycles. The number of hydrogen-bond donors (Lipinski definition) is 1. The largest absolute Gasteiger partial charge is 0.418 e. The lowest BCUT2D eigenvalue weighted by atomic mass is 10.1. The molecule has 0 aliphatic heterocycles. The number of anilines is 1. The summed E-state index contributed by atoms with van der Waals surface area (Å²) in [6.45, 7) is 2.09. The lowest BCUT2D eigenvalue weighted by molar-refractivity contribution is -0.137. The summed E-state index contributed by atoms with van der Waals surface area (Å²) in [5, 5.41) is 11.5. The van der Waals surface area contributed by atoms with Gasteiger partial charge < -0.3 is 5.32 Å². The van der Waals surface area contributed by atoms with E-state index in [1.165, 1.54) is 12.1 Å². The molecule has 0 bridgehead atoms. The van der Waals surface area contributed by atoms with Crippen LogP contribution in [0.3, 0.4) is 0 Å². The Bertz CT molecular complexity index is 687. The zero-order valence-corrected chi connectivity index (χ0v) is 11.2. The Morgan fingerprint density at radius 1 is 1.29 bits per heavy atom. The van der Waals surface area contributed by atoms with E-state index in [1.807, 2.05) is 6.92 Å². The second-order valence-corrected chi connectivity index (χ2v) is 4.53. The minimum Gasteiger partial charge on any atom is -0.380 e. The van der Waals surface area contributed by atoms with Gasteiger partial charge in [0.2, 0.25) is 0 Å². The molecule has 0 amide bonds.